The molecule has 1 aliphatic carbocycles. The molecule has 10 heteroatoms. The van der Waals surface area contributed by atoms with Crippen LogP contribution < -0.4 is 14.4 Å². The summed E-state index contributed by atoms with van der Waals surface area (Å²) in [6.45, 7) is 0. The summed E-state index contributed by atoms with van der Waals surface area (Å²) in [5.74, 6) is 0.852. The number of hydrogen-bond donors (Lipinski definition) is 0. The molecule has 146 valence electrons. The minimum absolute atomic E-state index is 0.00804. The largest absolute Gasteiger partial charge is 0.495 e. The van der Waals surface area contributed by atoms with E-state index >= 15 is 0 Å². The van der Waals surface area contributed by atoms with Crippen LogP contribution in [0.5, 0.6) is 11.5 Å². The van der Waals surface area contributed by atoms with E-state index in [-0.39, 0.29) is 34.6 Å². The molecular weight excluding hydrogens is 412 g/mol. The molecule has 0 radical (unpaired) electrons. The molecule has 1 amide bonds. The van der Waals surface area contributed by atoms with Crippen molar-refractivity contribution in [2.75, 3.05) is 30.6 Å². The number of carbonyl (C=O) groups excluding carboxylic acids is 1. The summed E-state index contributed by atoms with van der Waals surface area (Å²) < 4.78 is 35.1. The topological polar surface area (TPSA) is 85.3 Å². The van der Waals surface area contributed by atoms with Gasteiger partial charge in [0.25, 0.3) is 5.91 Å². The Labute approximate surface area is 167 Å². The molecule has 3 aliphatic rings. The maximum Gasteiger partial charge on any atom is 0.251 e. The third kappa shape index (κ3) is 3.52. The van der Waals surface area contributed by atoms with Crippen molar-refractivity contribution in [2.45, 2.75) is 24.1 Å². The zero-order chi connectivity index (χ0) is 19.3. The zero-order valence-electron chi connectivity index (χ0n) is 14.8. The van der Waals surface area contributed by atoms with Crippen LogP contribution in [0.3, 0.4) is 0 Å². The van der Waals surface area contributed by atoms with Crippen LogP contribution >= 0.6 is 23.4 Å². The molecule has 2 saturated heterocycles. The van der Waals surface area contributed by atoms with Crippen LogP contribution in [0.15, 0.2) is 17.1 Å². The lowest BCUT2D eigenvalue weighted by molar-refractivity contribution is -0.118. The number of nitrogens with zero attached hydrogens (tertiary/aromatic N) is 2. The van der Waals surface area contributed by atoms with Crippen molar-refractivity contribution < 1.29 is 22.7 Å². The number of anilines is 1. The van der Waals surface area contributed by atoms with Gasteiger partial charge in [-0.1, -0.05) is 23.4 Å². The molecule has 0 aromatic heterocycles. The van der Waals surface area contributed by atoms with Gasteiger partial charge in [0.2, 0.25) is 0 Å². The van der Waals surface area contributed by atoms with Crippen LogP contribution in [0, 0.1) is 5.92 Å². The van der Waals surface area contributed by atoms with Crippen LogP contribution in [-0.4, -0.2) is 56.5 Å². The van der Waals surface area contributed by atoms with Gasteiger partial charge in [-0.05, 0) is 18.9 Å². The van der Waals surface area contributed by atoms with Crippen LogP contribution in [0.2, 0.25) is 5.02 Å². The number of ether oxygens (including phenoxy) is 2. The van der Waals surface area contributed by atoms with E-state index in [9.17, 15) is 13.2 Å². The van der Waals surface area contributed by atoms with Crippen molar-refractivity contribution in [2.24, 2.45) is 10.9 Å². The lowest BCUT2D eigenvalue weighted by Gasteiger charge is -2.26. The first-order chi connectivity index (χ1) is 12.8. The number of sulfone groups is 1. The van der Waals surface area contributed by atoms with Gasteiger partial charge in [-0.15, -0.1) is 0 Å². The fourth-order valence-corrected chi connectivity index (χ4v) is 7.54. The Hall–Kier alpha value is -1.45. The van der Waals surface area contributed by atoms with E-state index in [4.69, 9.17) is 21.1 Å². The Balaban J connectivity index is 1.80. The molecule has 1 aromatic rings. The van der Waals surface area contributed by atoms with E-state index in [1.807, 2.05) is 0 Å². The number of fused-ring (bicyclic) bond motifs is 1. The van der Waals surface area contributed by atoms with Crippen LogP contribution in [0.1, 0.15) is 12.8 Å². The van der Waals surface area contributed by atoms with Gasteiger partial charge >= 0.3 is 0 Å². The Kier molecular flexibility index (Phi) is 4.80. The Morgan fingerprint density at radius 2 is 1.93 bits per heavy atom. The summed E-state index contributed by atoms with van der Waals surface area (Å²) >= 11 is 7.65. The smallest absolute Gasteiger partial charge is 0.251 e. The minimum Gasteiger partial charge on any atom is -0.495 e. The van der Waals surface area contributed by atoms with Gasteiger partial charge in [-0.25, -0.2) is 8.42 Å². The van der Waals surface area contributed by atoms with Crippen molar-refractivity contribution in [3.05, 3.63) is 17.2 Å². The van der Waals surface area contributed by atoms with E-state index < -0.39 is 9.84 Å². The van der Waals surface area contributed by atoms with Crippen molar-refractivity contribution in [1.29, 1.82) is 0 Å². The molecular formula is C17H19ClN2O5S2. The predicted octanol–water partition coefficient (Wildman–Crippen LogP) is 2.37. The number of amides is 1. The van der Waals surface area contributed by atoms with Gasteiger partial charge in [0, 0.05) is 17.2 Å². The Bertz CT molecular complexity index is 929. The normalized spacial score (nSPS) is 27.7. The molecule has 0 bridgehead atoms. The van der Waals surface area contributed by atoms with Gasteiger partial charge in [0.15, 0.2) is 15.0 Å². The molecule has 1 aromatic carbocycles. The lowest BCUT2D eigenvalue weighted by Crippen LogP contribution is -2.38. The first-order valence-electron chi connectivity index (χ1n) is 8.53. The number of thioether (sulfide) groups is 1. The SMILES string of the molecule is COc1cc(OC)c(N2C(=NC(=O)C3CC3)S[C@H]3CS(=O)(=O)C[C@@H]32)cc1Cl. The summed E-state index contributed by atoms with van der Waals surface area (Å²) in [6.07, 6.45) is 1.72. The van der Waals surface area contributed by atoms with Gasteiger partial charge in [0.1, 0.15) is 11.5 Å². The van der Waals surface area contributed by atoms with Crippen molar-refractivity contribution >= 4 is 50.0 Å². The van der Waals surface area contributed by atoms with Crippen molar-refractivity contribution in [3.8, 4) is 11.5 Å². The first-order valence-corrected chi connectivity index (χ1v) is 11.6. The summed E-state index contributed by atoms with van der Waals surface area (Å²) in [6, 6.07) is 3.01. The highest BCUT2D eigenvalue weighted by atomic mass is 35.5. The summed E-state index contributed by atoms with van der Waals surface area (Å²) in [5, 5.41) is 0.707. The second-order valence-corrected chi connectivity index (χ2v) is 10.6. The van der Waals surface area contributed by atoms with Gasteiger partial charge < -0.3 is 14.4 Å². The number of halogens is 1. The molecule has 2 heterocycles. The van der Waals surface area contributed by atoms with Crippen LogP contribution in [0.4, 0.5) is 5.69 Å². The third-order valence-electron chi connectivity index (χ3n) is 4.91. The van der Waals surface area contributed by atoms with Gasteiger partial charge in [-0.3, -0.25) is 4.79 Å². The quantitative estimate of drug-likeness (QED) is 0.724. The molecule has 0 spiro atoms. The fraction of sp³-hybridized carbons (Fsp3) is 0.529. The molecule has 27 heavy (non-hydrogen) atoms. The van der Waals surface area contributed by atoms with E-state index in [1.165, 1.54) is 26.0 Å². The standard InChI is InChI=1S/C17H19ClN2O5S2/c1-24-13-6-14(25-2)11(5-10(13)18)20-12-7-27(22,23)8-15(12)26-17(20)19-16(21)9-3-4-9/h5-6,9,12,15H,3-4,7-8H2,1-2H3/t12-,15-/m0/s1. The molecule has 4 rings (SSSR count). The van der Waals surface area contributed by atoms with Crippen LogP contribution in [-0.2, 0) is 14.6 Å². The number of carbonyl (C=O) groups is 1. The molecule has 3 fully saturated rings. The highest BCUT2D eigenvalue weighted by Crippen LogP contribution is 2.46. The maximum absolute atomic E-state index is 12.3. The molecule has 0 unspecified atom stereocenters. The maximum atomic E-state index is 12.3. The molecule has 1 saturated carbocycles. The molecule has 7 nitrogen and oxygen atoms in total. The number of benzene rings is 1. The number of methoxy groups -OCH3 is 2. The molecule has 2 aliphatic heterocycles. The minimum atomic E-state index is -3.15. The molecule has 2 atom stereocenters. The average Bonchev–Trinajstić information content (AvgIpc) is 3.35. The van der Waals surface area contributed by atoms with Crippen molar-refractivity contribution in [3.63, 3.8) is 0 Å². The number of aliphatic imine (C=N–C) groups is 1. The number of hydrogen-bond acceptors (Lipinski definition) is 6. The Morgan fingerprint density at radius 3 is 2.56 bits per heavy atom. The van der Waals surface area contributed by atoms with Crippen molar-refractivity contribution in [1.82, 2.24) is 0 Å². The number of rotatable bonds is 4. The summed E-state index contributed by atoms with van der Waals surface area (Å²) in [5.41, 5.74) is 0.586. The average molecular weight is 431 g/mol. The van der Waals surface area contributed by atoms with E-state index in [2.05, 4.69) is 4.99 Å². The highest BCUT2D eigenvalue weighted by molar-refractivity contribution is 8.16. The van der Waals surface area contributed by atoms with E-state index in [0.717, 1.165) is 12.8 Å². The Morgan fingerprint density at radius 1 is 1.22 bits per heavy atom. The summed E-state index contributed by atoms with van der Waals surface area (Å²) in [7, 11) is -0.121. The zero-order valence-corrected chi connectivity index (χ0v) is 17.2. The highest BCUT2D eigenvalue weighted by Gasteiger charge is 2.50. The van der Waals surface area contributed by atoms with E-state index in [1.54, 1.807) is 17.0 Å². The first kappa shape index (κ1) is 18.9. The monoisotopic (exact) mass is 430 g/mol. The third-order valence-corrected chi connectivity index (χ3v) is 8.42. The fourth-order valence-electron chi connectivity index (χ4n) is 3.39. The predicted molar refractivity (Wildman–Crippen MR) is 106 cm³/mol. The van der Waals surface area contributed by atoms with Gasteiger partial charge in [-0.2, -0.15) is 4.99 Å². The van der Waals surface area contributed by atoms with Crippen LogP contribution in [0.25, 0.3) is 0 Å². The van der Waals surface area contributed by atoms with E-state index in [0.29, 0.717) is 27.4 Å². The summed E-state index contributed by atoms with van der Waals surface area (Å²) in [4.78, 5) is 18.4. The number of amidine groups is 1. The molecule has 0 N–H and O–H groups in total. The second kappa shape index (κ2) is 6.86. The lowest BCUT2D eigenvalue weighted by atomic mass is 10.2. The second-order valence-electron chi connectivity index (χ2n) is 6.84. The van der Waals surface area contributed by atoms with Gasteiger partial charge in [0.05, 0.1) is 42.5 Å².